The fraction of sp³-hybridized carbons (Fsp3) is 0.489. The van der Waals surface area contributed by atoms with Crippen molar-refractivity contribution in [3.05, 3.63) is 74.7 Å². The van der Waals surface area contributed by atoms with Crippen molar-refractivity contribution in [1.29, 1.82) is 0 Å². The Morgan fingerprint density at radius 1 is 1.18 bits per heavy atom. The number of aliphatic hydroxyl groups is 2. The monoisotopic (exact) mass is 1100 g/mol. The van der Waals surface area contributed by atoms with Crippen LogP contribution in [0, 0.1) is 27.3 Å². The van der Waals surface area contributed by atoms with Gasteiger partial charge >= 0.3 is 6.09 Å². The second-order valence-corrected chi connectivity index (χ2v) is 26.3. The van der Waals surface area contributed by atoms with Crippen LogP contribution in [-0.2, 0) is 62.7 Å². The van der Waals surface area contributed by atoms with Gasteiger partial charge in [-0.1, -0.05) is 56.8 Å². The minimum absolute atomic E-state index is 0.0689. The Labute approximate surface area is 417 Å². The third-order valence-corrected chi connectivity index (χ3v) is 16.0. The van der Waals surface area contributed by atoms with Gasteiger partial charge in [0.15, 0.2) is 18.4 Å². The van der Waals surface area contributed by atoms with Gasteiger partial charge in [-0.15, -0.1) is 11.8 Å². The normalized spacial score (nSPS) is 31.1. The number of H-pyrrole nitrogens is 1. The van der Waals surface area contributed by atoms with Gasteiger partial charge in [-0.25, -0.2) is 4.79 Å². The summed E-state index contributed by atoms with van der Waals surface area (Å²) in [5.74, 6) is 11.0. The van der Waals surface area contributed by atoms with Gasteiger partial charge in [-0.2, -0.15) is 0 Å². The van der Waals surface area contributed by atoms with E-state index < -0.39 is 85.1 Å². The molecule has 2 aromatic heterocycles. The minimum atomic E-state index is -2.03. The van der Waals surface area contributed by atoms with Gasteiger partial charge in [-0.3, -0.25) is 14.6 Å². The highest BCUT2D eigenvalue weighted by molar-refractivity contribution is 14.1. The Bertz CT molecular complexity index is 2760. The maximum Gasteiger partial charge on any atom is 0.407 e. The molecule has 0 bridgehead atoms. The van der Waals surface area contributed by atoms with E-state index in [1.165, 1.54) is 12.2 Å². The standard InChI is InChI=1S/C47H53IN4O11S4/c1-24(2)50-31-23-60-36(22-35(31)58-4)63-42-44(56)47(66-6,43(55)41-40-28(17-19-49-41)38-29(48)14-12-15-30(38)51-40)25(3)61-45(42)62-34-16-11-9-8-10-13-27-37(34)26(18-20-67(7,64)65)32(53)21-33(54)39(27)52-46(57)59-5/h8-9,12,14-15,17-19,24-25,31-32,34-36,39,42,44-45,50-51,53,56H,20-23H2,1-7H3,(H,52,57)/b9-8-,26-18-/t25?,31?,32-,34-,35?,36?,39?,42?,44?,45?,47?/m0/s1. The Hall–Kier alpha value is -3.33. The van der Waals surface area contributed by atoms with Crippen molar-refractivity contribution in [3.8, 4) is 23.7 Å². The lowest BCUT2D eigenvalue weighted by Gasteiger charge is -2.51. The fourth-order valence-corrected chi connectivity index (χ4v) is 11.7. The molecule has 4 aliphatic rings. The van der Waals surface area contributed by atoms with E-state index in [4.69, 9.17) is 50.8 Å². The SMILES string of the molecule is COC(=O)NC1C(=O)C[C@H](O)/C(=C/CS(C)(=S)=S)C2=C1C#C/C=C\C#C[C@@H]2OC1OC(C)C(SC)(C(=O)c2nccc3c2[nH]c2cccc(I)c23)C(O)C1OC1CC(OC)C(NC(C)C)CO1. The zero-order valence-electron chi connectivity index (χ0n) is 37.8. The molecule has 2 aliphatic heterocycles. The number of Topliss-reactive ketones (excluding diaryl/α,β-unsaturated/α-hetero) is 2. The predicted octanol–water partition coefficient (Wildman–Crippen LogP) is 4.17. The van der Waals surface area contributed by atoms with Crippen molar-refractivity contribution >= 4 is 103 Å². The Morgan fingerprint density at radius 3 is 2.64 bits per heavy atom. The molecular formula is C47H53IN4O11S4. The van der Waals surface area contributed by atoms with Crippen LogP contribution in [0.15, 0.2) is 65.4 Å². The molecule has 5 N–H and O–H groups in total. The highest BCUT2D eigenvalue weighted by atomic mass is 127. The maximum absolute atomic E-state index is 15.4. The number of aliphatic hydroxyl groups excluding tert-OH is 2. The van der Waals surface area contributed by atoms with Crippen molar-refractivity contribution in [1.82, 2.24) is 20.6 Å². The van der Waals surface area contributed by atoms with Gasteiger partial charge in [0.05, 0.1) is 43.6 Å². The number of halogens is 1. The number of aromatic amines is 1. The number of ether oxygens (including phenoxy) is 6. The molecule has 2 saturated heterocycles. The molecule has 2 fully saturated rings. The molecule has 0 radical (unpaired) electrons. The summed E-state index contributed by atoms with van der Waals surface area (Å²) < 4.78 is 36.8. The van der Waals surface area contributed by atoms with Gasteiger partial charge in [0.25, 0.3) is 0 Å². The topological polar surface area (TPSA) is 200 Å². The number of carbonyl (C=O) groups is 3. The van der Waals surface area contributed by atoms with Crippen LogP contribution < -0.4 is 10.6 Å². The number of hydrogen-bond acceptors (Lipinski definition) is 16. The number of nitrogens with one attached hydrogen (secondary N) is 3. The van der Waals surface area contributed by atoms with E-state index in [0.717, 1.165) is 38.7 Å². The lowest BCUT2D eigenvalue weighted by Crippen LogP contribution is -2.68. The number of fused-ring (bicyclic) bond motifs is 3. The van der Waals surface area contributed by atoms with Gasteiger partial charge in [0.1, 0.15) is 34.8 Å². The molecule has 7 rings (SSSR count). The molecule has 9 unspecified atom stereocenters. The summed E-state index contributed by atoms with van der Waals surface area (Å²) in [5.41, 5.74) is 1.85. The number of nitrogens with zero attached hydrogens (tertiary/aromatic N) is 1. The Balaban J connectivity index is 1.37. The average molecular weight is 1110 g/mol. The quantitative estimate of drug-likeness (QED) is 0.0928. The molecule has 0 saturated carbocycles. The molecule has 4 heterocycles. The third-order valence-electron chi connectivity index (χ3n) is 12.1. The molecule has 20 heteroatoms. The number of hydrogen-bond donors (Lipinski definition) is 5. The number of thioether (sulfide) groups is 1. The van der Waals surface area contributed by atoms with Crippen molar-refractivity contribution in [3.63, 3.8) is 0 Å². The fourth-order valence-electron chi connectivity index (χ4n) is 8.96. The number of methoxy groups -OCH3 is 2. The summed E-state index contributed by atoms with van der Waals surface area (Å²) in [6.45, 7) is 5.90. The van der Waals surface area contributed by atoms with E-state index in [0.29, 0.717) is 5.52 Å². The molecule has 2 aliphatic carbocycles. The lowest BCUT2D eigenvalue weighted by molar-refractivity contribution is -0.322. The number of amides is 1. The number of alkyl carbamates (subject to hydrolysis) is 1. The first-order valence-electron chi connectivity index (χ1n) is 21.5. The van der Waals surface area contributed by atoms with Crippen LogP contribution in [0.25, 0.3) is 21.8 Å². The van der Waals surface area contributed by atoms with Crippen LogP contribution in [-0.4, -0.2) is 149 Å². The number of ketones is 2. The average Bonchev–Trinajstić information content (AvgIpc) is 3.68. The van der Waals surface area contributed by atoms with E-state index in [2.05, 4.69) is 66.9 Å². The van der Waals surface area contributed by atoms with Crippen molar-refractivity contribution < 1.29 is 53.0 Å². The number of pyridine rings is 1. The zero-order valence-corrected chi connectivity index (χ0v) is 43.2. The largest absolute Gasteiger partial charge is 0.453 e. The molecule has 1 amide bonds. The van der Waals surface area contributed by atoms with Crippen molar-refractivity contribution in [2.24, 2.45) is 0 Å². The number of allylic oxidation sites excluding steroid dienone is 2. The highest BCUT2D eigenvalue weighted by Crippen LogP contribution is 2.46. The van der Waals surface area contributed by atoms with Crippen LogP contribution in [0.5, 0.6) is 0 Å². The van der Waals surface area contributed by atoms with Gasteiger partial charge < -0.3 is 54.3 Å². The third kappa shape index (κ3) is 10.9. The maximum atomic E-state index is 15.4. The van der Waals surface area contributed by atoms with Gasteiger partial charge in [-0.05, 0) is 100 Å². The molecule has 3 aromatic rings. The Kier molecular flexibility index (Phi) is 16.7. The first-order valence-corrected chi connectivity index (χ1v) is 27.8. The Morgan fingerprint density at radius 2 is 1.94 bits per heavy atom. The van der Waals surface area contributed by atoms with Crippen LogP contribution in [0.4, 0.5) is 4.79 Å². The van der Waals surface area contributed by atoms with Crippen molar-refractivity contribution in [2.45, 2.75) is 106 Å². The summed E-state index contributed by atoms with van der Waals surface area (Å²) in [5, 5.41) is 32.6. The number of rotatable bonds is 13. The van der Waals surface area contributed by atoms with E-state index in [9.17, 15) is 19.8 Å². The molecular weight excluding hydrogens is 1050 g/mol. The van der Waals surface area contributed by atoms with E-state index >= 15 is 4.79 Å². The van der Waals surface area contributed by atoms with Gasteiger partial charge in [0, 0.05) is 68.9 Å². The van der Waals surface area contributed by atoms with Crippen LogP contribution >= 0.6 is 34.4 Å². The van der Waals surface area contributed by atoms with Crippen molar-refractivity contribution in [2.75, 3.05) is 39.1 Å². The van der Waals surface area contributed by atoms with E-state index in [1.807, 2.05) is 38.1 Å². The summed E-state index contributed by atoms with van der Waals surface area (Å²) in [7, 11) is 0.727. The van der Waals surface area contributed by atoms with Gasteiger partial charge in [0.2, 0.25) is 5.78 Å². The lowest BCUT2D eigenvalue weighted by atomic mass is 9.83. The molecule has 0 spiro atoms. The summed E-state index contributed by atoms with van der Waals surface area (Å²) >= 11 is 14.6. The second kappa shape index (κ2) is 21.8. The van der Waals surface area contributed by atoms with E-state index in [1.54, 1.807) is 38.8 Å². The summed E-state index contributed by atoms with van der Waals surface area (Å²) in [6.07, 6.45) is -1.32. The summed E-state index contributed by atoms with van der Waals surface area (Å²) in [6, 6.07) is 6.23. The van der Waals surface area contributed by atoms with E-state index in [-0.39, 0.29) is 59.4 Å². The smallest absolute Gasteiger partial charge is 0.407 e. The molecule has 67 heavy (non-hydrogen) atoms. The first-order chi connectivity index (χ1) is 31.9. The highest BCUT2D eigenvalue weighted by Gasteiger charge is 2.61. The predicted molar refractivity (Wildman–Crippen MR) is 272 cm³/mol. The minimum Gasteiger partial charge on any atom is -0.453 e. The molecule has 358 valence electrons. The first kappa shape index (κ1) is 51.5. The van der Waals surface area contributed by atoms with Crippen LogP contribution in [0.3, 0.4) is 0 Å². The number of benzene rings is 1. The number of aromatic nitrogens is 2. The number of carbonyl (C=O) groups excluding carboxylic acids is 3. The zero-order chi connectivity index (χ0) is 48.4. The summed E-state index contributed by atoms with van der Waals surface area (Å²) in [4.78, 5) is 50.2. The molecule has 1 aromatic carbocycles. The van der Waals surface area contributed by atoms with Crippen LogP contribution in [0.2, 0.25) is 0 Å². The second-order valence-electron chi connectivity index (χ2n) is 16.8. The molecule has 15 nitrogen and oxygen atoms in total. The molecule has 11 atom stereocenters. The van der Waals surface area contributed by atoms with Crippen LogP contribution in [0.1, 0.15) is 44.1 Å².